The molecule has 0 unspecified atom stereocenters. The third-order valence-electron chi connectivity index (χ3n) is 3.33. The number of halogens is 1. The molecule has 0 aliphatic carbocycles. The molecule has 152 valence electrons. The number of hydrazone groups is 1. The van der Waals surface area contributed by atoms with Gasteiger partial charge in [0.05, 0.1) is 18.5 Å². The number of aliphatic carboxylic acids is 1. The second kappa shape index (κ2) is 10.4. The predicted molar refractivity (Wildman–Crippen MR) is 102 cm³/mol. The lowest BCUT2D eigenvalue weighted by Crippen LogP contribution is -2.32. The molecule has 0 radical (unpaired) electrons. The van der Waals surface area contributed by atoms with Crippen LogP contribution in [-0.4, -0.2) is 42.3 Å². The number of para-hydroxylation sites is 1. The topological polar surface area (TPSA) is 126 Å². The van der Waals surface area contributed by atoms with Crippen LogP contribution in [0.15, 0.2) is 47.6 Å². The Morgan fingerprint density at radius 3 is 2.55 bits per heavy atom. The summed E-state index contributed by atoms with van der Waals surface area (Å²) in [4.78, 5) is 34.2. The highest BCUT2D eigenvalue weighted by molar-refractivity contribution is 6.39. The first kappa shape index (κ1) is 21.4. The Kier molecular flexibility index (Phi) is 7.66. The molecule has 2 aromatic carbocycles. The summed E-state index contributed by atoms with van der Waals surface area (Å²) in [7, 11) is 0. The van der Waals surface area contributed by atoms with E-state index in [9.17, 15) is 18.8 Å². The van der Waals surface area contributed by atoms with Gasteiger partial charge in [0, 0.05) is 0 Å². The number of carbonyl (C=O) groups is 3. The maximum atomic E-state index is 13.5. The SMILES string of the molecule is CCOc1cc(/C=N\NC(=O)C(=O)Nc2ccccc2F)ccc1OCC(=O)O. The number of carbonyl (C=O) groups excluding carboxylic acids is 2. The molecule has 2 amide bonds. The largest absolute Gasteiger partial charge is 0.490 e. The molecule has 3 N–H and O–H groups in total. The maximum Gasteiger partial charge on any atom is 0.341 e. The van der Waals surface area contributed by atoms with Crippen LogP contribution in [0.5, 0.6) is 11.5 Å². The summed E-state index contributed by atoms with van der Waals surface area (Å²) in [6.07, 6.45) is 1.25. The summed E-state index contributed by atoms with van der Waals surface area (Å²) in [5.74, 6) is -3.45. The highest BCUT2D eigenvalue weighted by atomic mass is 19.1. The molecule has 2 rings (SSSR count). The van der Waals surface area contributed by atoms with E-state index in [1.807, 2.05) is 5.43 Å². The van der Waals surface area contributed by atoms with Gasteiger partial charge in [0.25, 0.3) is 0 Å². The van der Waals surface area contributed by atoms with Crippen molar-refractivity contribution >= 4 is 29.7 Å². The minimum absolute atomic E-state index is 0.130. The molecular weight excluding hydrogens is 385 g/mol. The Hall–Kier alpha value is -3.95. The van der Waals surface area contributed by atoms with Crippen LogP contribution in [0.3, 0.4) is 0 Å². The monoisotopic (exact) mass is 403 g/mol. The van der Waals surface area contributed by atoms with Gasteiger partial charge in [-0.1, -0.05) is 12.1 Å². The van der Waals surface area contributed by atoms with E-state index in [4.69, 9.17) is 14.6 Å². The first-order valence-electron chi connectivity index (χ1n) is 8.41. The van der Waals surface area contributed by atoms with Crippen LogP contribution < -0.4 is 20.2 Å². The van der Waals surface area contributed by atoms with Crippen molar-refractivity contribution in [3.8, 4) is 11.5 Å². The molecule has 0 heterocycles. The zero-order valence-electron chi connectivity index (χ0n) is 15.3. The number of hydrogen-bond acceptors (Lipinski definition) is 6. The Labute approximate surface area is 165 Å². The van der Waals surface area contributed by atoms with Crippen LogP contribution in [0.25, 0.3) is 0 Å². The summed E-state index contributed by atoms with van der Waals surface area (Å²) in [6, 6.07) is 9.98. The van der Waals surface area contributed by atoms with Gasteiger partial charge < -0.3 is 19.9 Å². The lowest BCUT2D eigenvalue weighted by atomic mass is 10.2. The van der Waals surface area contributed by atoms with Crippen molar-refractivity contribution in [3.05, 3.63) is 53.8 Å². The lowest BCUT2D eigenvalue weighted by molar-refractivity contribution is -0.139. The van der Waals surface area contributed by atoms with Crippen LogP contribution in [0.1, 0.15) is 12.5 Å². The fourth-order valence-corrected chi connectivity index (χ4v) is 2.09. The lowest BCUT2D eigenvalue weighted by Gasteiger charge is -2.11. The van der Waals surface area contributed by atoms with Crippen molar-refractivity contribution < 1.29 is 33.4 Å². The Morgan fingerprint density at radius 2 is 1.86 bits per heavy atom. The molecule has 0 fully saturated rings. The molecule has 0 bridgehead atoms. The Bertz CT molecular complexity index is 932. The molecule has 10 heteroatoms. The zero-order valence-corrected chi connectivity index (χ0v) is 15.3. The number of rotatable bonds is 8. The number of benzene rings is 2. The van der Waals surface area contributed by atoms with Gasteiger partial charge in [-0.2, -0.15) is 5.10 Å². The van der Waals surface area contributed by atoms with Crippen molar-refractivity contribution in [2.24, 2.45) is 5.10 Å². The average molecular weight is 403 g/mol. The van der Waals surface area contributed by atoms with Crippen molar-refractivity contribution in [1.82, 2.24) is 5.43 Å². The van der Waals surface area contributed by atoms with Crippen molar-refractivity contribution in [3.63, 3.8) is 0 Å². The van der Waals surface area contributed by atoms with Crippen LogP contribution >= 0.6 is 0 Å². The van der Waals surface area contributed by atoms with Gasteiger partial charge in [0.1, 0.15) is 5.82 Å². The second-order valence-corrected chi connectivity index (χ2v) is 5.45. The Morgan fingerprint density at radius 1 is 1.10 bits per heavy atom. The molecule has 0 aromatic heterocycles. The number of amides is 2. The van der Waals surface area contributed by atoms with E-state index in [0.29, 0.717) is 17.9 Å². The van der Waals surface area contributed by atoms with Crippen LogP contribution in [0.2, 0.25) is 0 Å². The molecule has 0 aliphatic heterocycles. The van der Waals surface area contributed by atoms with E-state index in [1.165, 1.54) is 36.5 Å². The smallest absolute Gasteiger partial charge is 0.341 e. The molecule has 0 saturated heterocycles. The fourth-order valence-electron chi connectivity index (χ4n) is 2.09. The molecule has 29 heavy (non-hydrogen) atoms. The molecule has 0 saturated carbocycles. The number of carboxylic acid groups (broad SMARTS) is 1. The number of anilines is 1. The number of carboxylic acids is 1. The van der Waals surface area contributed by atoms with E-state index in [2.05, 4.69) is 10.4 Å². The molecular formula is C19H18FN3O6. The Balaban J connectivity index is 1.98. The summed E-state index contributed by atoms with van der Waals surface area (Å²) < 4.78 is 24.0. The zero-order chi connectivity index (χ0) is 21.2. The number of nitrogens with zero attached hydrogens (tertiary/aromatic N) is 1. The standard InChI is InChI=1S/C19H18FN3O6/c1-2-28-16-9-12(7-8-15(16)29-11-17(24)25)10-21-23-19(27)18(26)22-14-6-4-3-5-13(14)20/h3-10H,2,11H2,1H3,(H,22,26)(H,23,27)(H,24,25)/b21-10-. The third kappa shape index (κ3) is 6.61. The first-order chi connectivity index (χ1) is 13.9. The normalized spacial score (nSPS) is 10.4. The minimum atomic E-state index is -1.13. The summed E-state index contributed by atoms with van der Waals surface area (Å²) in [5, 5.41) is 14.5. The van der Waals surface area contributed by atoms with Crippen LogP contribution in [0, 0.1) is 5.82 Å². The van der Waals surface area contributed by atoms with Gasteiger partial charge in [-0.15, -0.1) is 0 Å². The molecule has 0 spiro atoms. The van der Waals surface area contributed by atoms with E-state index in [0.717, 1.165) is 6.07 Å². The third-order valence-corrected chi connectivity index (χ3v) is 3.33. The van der Waals surface area contributed by atoms with Crippen molar-refractivity contribution in [2.45, 2.75) is 6.92 Å². The number of ether oxygens (including phenoxy) is 2. The van der Waals surface area contributed by atoms with E-state index >= 15 is 0 Å². The van der Waals surface area contributed by atoms with Crippen LogP contribution in [0.4, 0.5) is 10.1 Å². The minimum Gasteiger partial charge on any atom is -0.490 e. The highest BCUT2D eigenvalue weighted by Gasteiger charge is 2.14. The van der Waals surface area contributed by atoms with Gasteiger partial charge in [-0.3, -0.25) is 9.59 Å². The van der Waals surface area contributed by atoms with E-state index in [-0.39, 0.29) is 11.4 Å². The molecule has 0 atom stereocenters. The van der Waals surface area contributed by atoms with Crippen molar-refractivity contribution in [2.75, 3.05) is 18.5 Å². The van der Waals surface area contributed by atoms with E-state index < -0.39 is 30.2 Å². The summed E-state index contributed by atoms with van der Waals surface area (Å²) in [5.41, 5.74) is 2.38. The summed E-state index contributed by atoms with van der Waals surface area (Å²) >= 11 is 0. The fraction of sp³-hybridized carbons (Fsp3) is 0.158. The molecule has 9 nitrogen and oxygen atoms in total. The first-order valence-corrected chi connectivity index (χ1v) is 8.41. The van der Waals surface area contributed by atoms with Gasteiger partial charge in [-0.05, 0) is 42.8 Å². The quantitative estimate of drug-likeness (QED) is 0.350. The van der Waals surface area contributed by atoms with Crippen LogP contribution in [-0.2, 0) is 14.4 Å². The predicted octanol–water partition coefficient (Wildman–Crippen LogP) is 1.78. The number of nitrogens with one attached hydrogen (secondary N) is 2. The number of hydrogen-bond donors (Lipinski definition) is 3. The summed E-state index contributed by atoms with van der Waals surface area (Å²) in [6.45, 7) is 1.54. The molecule has 0 aliphatic rings. The highest BCUT2D eigenvalue weighted by Crippen LogP contribution is 2.28. The van der Waals surface area contributed by atoms with Gasteiger partial charge in [0.15, 0.2) is 18.1 Å². The van der Waals surface area contributed by atoms with Gasteiger partial charge in [-0.25, -0.2) is 14.6 Å². The molecule has 2 aromatic rings. The van der Waals surface area contributed by atoms with E-state index in [1.54, 1.807) is 13.0 Å². The second-order valence-electron chi connectivity index (χ2n) is 5.45. The average Bonchev–Trinajstić information content (AvgIpc) is 2.69. The van der Waals surface area contributed by atoms with Gasteiger partial charge in [0.2, 0.25) is 0 Å². The van der Waals surface area contributed by atoms with Gasteiger partial charge >= 0.3 is 17.8 Å². The maximum absolute atomic E-state index is 13.5. The van der Waals surface area contributed by atoms with Crippen molar-refractivity contribution in [1.29, 1.82) is 0 Å².